The van der Waals surface area contributed by atoms with Crippen LogP contribution in [-0.2, 0) is 4.74 Å². The van der Waals surface area contributed by atoms with Crippen LogP contribution in [0.3, 0.4) is 0 Å². The minimum Gasteiger partial charge on any atom is -0.376 e. The van der Waals surface area contributed by atoms with Crippen LogP contribution in [0, 0.1) is 11.3 Å². The summed E-state index contributed by atoms with van der Waals surface area (Å²) >= 11 is 0. The van der Waals surface area contributed by atoms with Crippen LogP contribution in [0.25, 0.3) is 0 Å². The first kappa shape index (κ1) is 11.3. The van der Waals surface area contributed by atoms with E-state index in [0.29, 0.717) is 0 Å². The van der Waals surface area contributed by atoms with E-state index in [4.69, 9.17) is 4.74 Å². The second kappa shape index (κ2) is 3.67. The Kier molecular flexibility index (Phi) is 2.75. The SMILES string of the molecule is CC1(C)C(COC2CCCNC2)C1(F)F. The van der Waals surface area contributed by atoms with Crippen molar-refractivity contribution in [1.82, 2.24) is 5.32 Å². The molecule has 0 spiro atoms. The first-order valence-electron chi connectivity index (χ1n) is 5.66. The Labute approximate surface area is 89.4 Å². The van der Waals surface area contributed by atoms with E-state index in [1.165, 1.54) is 0 Å². The molecule has 0 bridgehead atoms. The van der Waals surface area contributed by atoms with E-state index in [9.17, 15) is 8.78 Å². The minimum absolute atomic E-state index is 0.131. The Morgan fingerprint density at radius 1 is 1.40 bits per heavy atom. The monoisotopic (exact) mass is 219 g/mol. The molecule has 1 N–H and O–H groups in total. The van der Waals surface area contributed by atoms with E-state index in [-0.39, 0.29) is 12.7 Å². The topological polar surface area (TPSA) is 21.3 Å². The first-order valence-corrected chi connectivity index (χ1v) is 5.66. The zero-order valence-electron chi connectivity index (χ0n) is 9.35. The van der Waals surface area contributed by atoms with E-state index in [1.807, 2.05) is 0 Å². The van der Waals surface area contributed by atoms with Crippen LogP contribution >= 0.6 is 0 Å². The molecule has 2 fully saturated rings. The Morgan fingerprint density at radius 3 is 2.53 bits per heavy atom. The molecule has 0 aromatic rings. The molecular formula is C11H19F2NO. The highest BCUT2D eigenvalue weighted by molar-refractivity contribution is 5.12. The fourth-order valence-corrected chi connectivity index (χ4v) is 2.26. The smallest absolute Gasteiger partial charge is 0.259 e. The lowest BCUT2D eigenvalue weighted by Crippen LogP contribution is -2.35. The third-order valence-corrected chi connectivity index (χ3v) is 3.83. The van der Waals surface area contributed by atoms with Crippen LogP contribution in [0.15, 0.2) is 0 Å². The second-order valence-corrected chi connectivity index (χ2v) is 5.20. The third-order valence-electron chi connectivity index (χ3n) is 3.83. The van der Waals surface area contributed by atoms with Gasteiger partial charge in [-0.25, -0.2) is 8.78 Å². The highest BCUT2D eigenvalue weighted by atomic mass is 19.3. The molecule has 0 aromatic carbocycles. The van der Waals surface area contributed by atoms with Gasteiger partial charge in [-0.15, -0.1) is 0 Å². The number of ether oxygens (including phenoxy) is 1. The van der Waals surface area contributed by atoms with E-state index in [2.05, 4.69) is 5.32 Å². The Bertz CT molecular complexity index is 223. The van der Waals surface area contributed by atoms with Crippen LogP contribution < -0.4 is 5.32 Å². The molecule has 0 amide bonds. The van der Waals surface area contributed by atoms with Crippen molar-refractivity contribution in [1.29, 1.82) is 0 Å². The highest BCUT2D eigenvalue weighted by Gasteiger charge is 2.74. The average molecular weight is 219 g/mol. The van der Waals surface area contributed by atoms with E-state index < -0.39 is 17.3 Å². The van der Waals surface area contributed by atoms with Gasteiger partial charge in [0.05, 0.1) is 18.6 Å². The molecule has 1 saturated heterocycles. The number of rotatable bonds is 3. The number of halogens is 2. The van der Waals surface area contributed by atoms with Gasteiger partial charge in [-0.1, -0.05) is 13.8 Å². The maximum Gasteiger partial charge on any atom is 0.259 e. The fourth-order valence-electron chi connectivity index (χ4n) is 2.26. The molecule has 4 heteroatoms. The molecular weight excluding hydrogens is 200 g/mol. The van der Waals surface area contributed by atoms with Crippen LogP contribution in [0.5, 0.6) is 0 Å². The Morgan fingerprint density at radius 2 is 2.07 bits per heavy atom. The normalized spacial score (nSPS) is 37.6. The number of hydrogen-bond acceptors (Lipinski definition) is 2. The quantitative estimate of drug-likeness (QED) is 0.784. The van der Waals surface area contributed by atoms with Crippen molar-refractivity contribution in [2.24, 2.45) is 11.3 Å². The number of alkyl halides is 2. The summed E-state index contributed by atoms with van der Waals surface area (Å²) in [6.07, 6.45) is 2.20. The van der Waals surface area contributed by atoms with Gasteiger partial charge in [-0.2, -0.15) is 0 Å². The van der Waals surface area contributed by atoms with Crippen LogP contribution in [0.4, 0.5) is 8.78 Å². The van der Waals surface area contributed by atoms with E-state index in [1.54, 1.807) is 13.8 Å². The second-order valence-electron chi connectivity index (χ2n) is 5.20. The number of hydrogen-bond donors (Lipinski definition) is 1. The van der Waals surface area contributed by atoms with Gasteiger partial charge in [0.1, 0.15) is 0 Å². The summed E-state index contributed by atoms with van der Waals surface area (Å²) in [6.45, 7) is 5.25. The zero-order valence-corrected chi connectivity index (χ0v) is 9.35. The average Bonchev–Trinajstić information content (AvgIpc) is 2.57. The zero-order chi connectivity index (χ0) is 11.1. The summed E-state index contributed by atoms with van der Waals surface area (Å²) < 4.78 is 32.0. The fraction of sp³-hybridized carbons (Fsp3) is 1.00. The van der Waals surface area contributed by atoms with Crippen LogP contribution in [0.1, 0.15) is 26.7 Å². The van der Waals surface area contributed by atoms with Crippen molar-refractivity contribution in [3.05, 3.63) is 0 Å². The van der Waals surface area contributed by atoms with Crippen molar-refractivity contribution in [3.63, 3.8) is 0 Å². The molecule has 2 unspecified atom stereocenters. The lowest BCUT2D eigenvalue weighted by atomic mass is 10.1. The summed E-state index contributed by atoms with van der Waals surface area (Å²) in [4.78, 5) is 0. The molecule has 2 rings (SSSR count). The molecule has 2 nitrogen and oxygen atoms in total. The Hall–Kier alpha value is -0.220. The maximum absolute atomic E-state index is 13.2. The number of piperidine rings is 1. The predicted molar refractivity (Wildman–Crippen MR) is 54.1 cm³/mol. The molecule has 1 heterocycles. The lowest BCUT2D eigenvalue weighted by molar-refractivity contribution is 0.00482. The first-order chi connectivity index (χ1) is 6.96. The van der Waals surface area contributed by atoms with Crippen molar-refractivity contribution in [3.8, 4) is 0 Å². The Balaban J connectivity index is 1.75. The van der Waals surface area contributed by atoms with Gasteiger partial charge < -0.3 is 10.1 Å². The summed E-state index contributed by atoms with van der Waals surface area (Å²) in [6, 6.07) is 0. The maximum atomic E-state index is 13.2. The summed E-state index contributed by atoms with van der Waals surface area (Å²) in [7, 11) is 0. The summed E-state index contributed by atoms with van der Waals surface area (Å²) in [5, 5.41) is 3.21. The van der Waals surface area contributed by atoms with Gasteiger partial charge in [-0.05, 0) is 19.4 Å². The molecule has 0 radical (unpaired) electrons. The van der Waals surface area contributed by atoms with E-state index in [0.717, 1.165) is 25.9 Å². The van der Waals surface area contributed by atoms with Gasteiger partial charge in [0.15, 0.2) is 0 Å². The van der Waals surface area contributed by atoms with Crippen molar-refractivity contribution in [2.45, 2.75) is 38.7 Å². The molecule has 1 aliphatic heterocycles. The largest absolute Gasteiger partial charge is 0.376 e. The van der Waals surface area contributed by atoms with Crippen LogP contribution in [0.2, 0.25) is 0 Å². The van der Waals surface area contributed by atoms with Gasteiger partial charge in [0.2, 0.25) is 0 Å². The molecule has 1 aliphatic carbocycles. The third kappa shape index (κ3) is 1.89. The number of nitrogens with one attached hydrogen (secondary N) is 1. The van der Waals surface area contributed by atoms with Gasteiger partial charge in [-0.3, -0.25) is 0 Å². The van der Waals surface area contributed by atoms with E-state index >= 15 is 0 Å². The molecule has 88 valence electrons. The van der Waals surface area contributed by atoms with Gasteiger partial charge >= 0.3 is 0 Å². The minimum atomic E-state index is -2.53. The summed E-state index contributed by atoms with van der Waals surface area (Å²) in [5.74, 6) is -3.12. The van der Waals surface area contributed by atoms with Crippen LogP contribution in [-0.4, -0.2) is 31.7 Å². The molecule has 15 heavy (non-hydrogen) atoms. The highest BCUT2D eigenvalue weighted by Crippen LogP contribution is 2.65. The lowest BCUT2D eigenvalue weighted by Gasteiger charge is -2.23. The molecule has 2 atom stereocenters. The van der Waals surface area contributed by atoms with Crippen molar-refractivity contribution >= 4 is 0 Å². The molecule has 0 aromatic heterocycles. The van der Waals surface area contributed by atoms with Crippen molar-refractivity contribution < 1.29 is 13.5 Å². The van der Waals surface area contributed by atoms with Gasteiger partial charge in [0, 0.05) is 12.0 Å². The van der Waals surface area contributed by atoms with Gasteiger partial charge in [0.25, 0.3) is 5.92 Å². The molecule has 1 saturated carbocycles. The molecule has 2 aliphatic rings. The standard InChI is InChI=1S/C11H19F2NO/c1-10(2)9(11(10,12)13)7-15-8-4-3-5-14-6-8/h8-9,14H,3-7H2,1-2H3. The van der Waals surface area contributed by atoms with Crippen molar-refractivity contribution in [2.75, 3.05) is 19.7 Å². The summed E-state index contributed by atoms with van der Waals surface area (Å²) in [5.41, 5.74) is -0.866. The predicted octanol–water partition coefficient (Wildman–Crippen LogP) is 2.05.